The number of carbonyl (C=O) groups excluding carboxylic acids is 1. The van der Waals surface area contributed by atoms with Crippen LogP contribution in [0.25, 0.3) is 11.5 Å². The minimum Gasteiger partial charge on any atom is -0.338 e. The summed E-state index contributed by atoms with van der Waals surface area (Å²) in [7, 11) is 1.95. The molecule has 1 saturated heterocycles. The number of nitrogens with zero attached hydrogens (tertiary/aromatic N) is 7. The SMILES string of the molecule is Cc1cc(-c2nccn2C)nc([C@@H]2CCCN(C(=O)c3cncnc3C)C2)n1. The van der Waals surface area contributed by atoms with E-state index in [1.165, 1.54) is 6.33 Å². The highest BCUT2D eigenvalue weighted by Gasteiger charge is 2.28. The molecule has 0 aromatic carbocycles. The van der Waals surface area contributed by atoms with Crippen molar-refractivity contribution in [1.29, 1.82) is 0 Å². The lowest BCUT2D eigenvalue weighted by Crippen LogP contribution is -2.40. The quantitative estimate of drug-likeness (QED) is 0.696. The number of carbonyl (C=O) groups is 1. The van der Waals surface area contributed by atoms with E-state index in [9.17, 15) is 4.79 Å². The molecule has 0 spiro atoms. The Bertz CT molecular complexity index is 1010. The molecule has 3 aromatic heterocycles. The predicted octanol–water partition coefficient (Wildman–Crippen LogP) is 2.30. The summed E-state index contributed by atoms with van der Waals surface area (Å²) in [5.41, 5.74) is 2.97. The zero-order chi connectivity index (χ0) is 19.7. The number of imidazole rings is 1. The molecule has 0 bridgehead atoms. The van der Waals surface area contributed by atoms with Crippen LogP contribution in [-0.4, -0.2) is 53.4 Å². The Hall–Kier alpha value is -3.16. The molecule has 1 atom stereocenters. The van der Waals surface area contributed by atoms with Gasteiger partial charge < -0.3 is 9.47 Å². The molecule has 1 aliphatic heterocycles. The zero-order valence-corrected chi connectivity index (χ0v) is 16.3. The maximum absolute atomic E-state index is 13.0. The second-order valence-electron chi connectivity index (χ2n) is 7.23. The van der Waals surface area contributed by atoms with Gasteiger partial charge in [-0.05, 0) is 32.8 Å². The topological polar surface area (TPSA) is 89.7 Å². The van der Waals surface area contributed by atoms with E-state index in [2.05, 4.69) is 19.9 Å². The van der Waals surface area contributed by atoms with Crippen molar-refractivity contribution in [3.8, 4) is 11.5 Å². The van der Waals surface area contributed by atoms with Gasteiger partial charge in [-0.2, -0.15) is 0 Å². The van der Waals surface area contributed by atoms with E-state index in [-0.39, 0.29) is 11.8 Å². The molecule has 8 nitrogen and oxygen atoms in total. The molecule has 1 amide bonds. The standard InChI is InChI=1S/C20H23N7O/c1-13-9-17(19-22-6-8-26(19)3)25-18(24-13)15-5-4-7-27(11-15)20(28)16-10-21-12-23-14(16)2/h6,8-10,12,15H,4-5,7,11H2,1-3H3/t15-/m1/s1. The van der Waals surface area contributed by atoms with Gasteiger partial charge in [0.05, 0.1) is 11.3 Å². The monoisotopic (exact) mass is 377 g/mol. The lowest BCUT2D eigenvalue weighted by Gasteiger charge is -2.32. The Morgan fingerprint density at radius 2 is 2.07 bits per heavy atom. The third-order valence-electron chi connectivity index (χ3n) is 5.14. The molecule has 0 aliphatic carbocycles. The van der Waals surface area contributed by atoms with Crippen molar-refractivity contribution in [3.63, 3.8) is 0 Å². The normalized spacial score (nSPS) is 17.0. The fourth-order valence-electron chi connectivity index (χ4n) is 3.64. The molecule has 3 aromatic rings. The number of aromatic nitrogens is 6. The second kappa shape index (κ2) is 7.46. The summed E-state index contributed by atoms with van der Waals surface area (Å²) in [6.45, 7) is 5.12. The van der Waals surface area contributed by atoms with Crippen LogP contribution >= 0.6 is 0 Å². The Kier molecular flexibility index (Phi) is 4.85. The molecule has 28 heavy (non-hydrogen) atoms. The van der Waals surface area contributed by atoms with Crippen LogP contribution in [0.3, 0.4) is 0 Å². The molecule has 0 unspecified atom stereocenters. The minimum atomic E-state index is -0.0280. The smallest absolute Gasteiger partial charge is 0.257 e. The first-order valence-corrected chi connectivity index (χ1v) is 9.42. The van der Waals surface area contributed by atoms with E-state index < -0.39 is 0 Å². The lowest BCUT2D eigenvalue weighted by atomic mass is 9.96. The fourth-order valence-corrected chi connectivity index (χ4v) is 3.64. The van der Waals surface area contributed by atoms with Gasteiger partial charge in [0.15, 0.2) is 5.82 Å². The minimum absolute atomic E-state index is 0.0280. The number of aryl methyl sites for hydroxylation is 3. The highest BCUT2D eigenvalue weighted by atomic mass is 16.2. The highest BCUT2D eigenvalue weighted by Crippen LogP contribution is 2.27. The Balaban J connectivity index is 1.60. The first-order valence-electron chi connectivity index (χ1n) is 9.42. The number of hydrogen-bond donors (Lipinski definition) is 0. The molecule has 4 rings (SSSR count). The Labute approximate surface area is 163 Å². The number of rotatable bonds is 3. The van der Waals surface area contributed by atoms with Gasteiger partial charge in [-0.3, -0.25) is 4.79 Å². The van der Waals surface area contributed by atoms with Crippen molar-refractivity contribution in [2.45, 2.75) is 32.6 Å². The van der Waals surface area contributed by atoms with Gasteiger partial charge in [-0.1, -0.05) is 0 Å². The van der Waals surface area contributed by atoms with Crippen LogP contribution in [0.5, 0.6) is 0 Å². The van der Waals surface area contributed by atoms with Crippen LogP contribution in [0.2, 0.25) is 0 Å². The number of likely N-dealkylation sites (tertiary alicyclic amines) is 1. The molecular formula is C20H23N7O. The second-order valence-corrected chi connectivity index (χ2v) is 7.23. The van der Waals surface area contributed by atoms with Crippen molar-refractivity contribution in [3.05, 3.63) is 53.8 Å². The van der Waals surface area contributed by atoms with Crippen LogP contribution in [0.1, 0.15) is 46.3 Å². The van der Waals surface area contributed by atoms with E-state index in [4.69, 9.17) is 4.98 Å². The van der Waals surface area contributed by atoms with Crippen molar-refractivity contribution in [1.82, 2.24) is 34.4 Å². The molecule has 144 valence electrons. The van der Waals surface area contributed by atoms with Gasteiger partial charge in [0, 0.05) is 50.3 Å². The fraction of sp³-hybridized carbons (Fsp3) is 0.400. The molecule has 0 radical (unpaired) electrons. The van der Waals surface area contributed by atoms with Crippen LogP contribution in [0.4, 0.5) is 0 Å². The summed E-state index contributed by atoms with van der Waals surface area (Å²) < 4.78 is 1.94. The van der Waals surface area contributed by atoms with Gasteiger partial charge in [-0.15, -0.1) is 0 Å². The molecule has 8 heteroatoms. The number of piperidine rings is 1. The summed E-state index contributed by atoms with van der Waals surface area (Å²) in [5.74, 6) is 1.66. The van der Waals surface area contributed by atoms with E-state index in [1.807, 2.05) is 42.6 Å². The average molecular weight is 377 g/mol. The van der Waals surface area contributed by atoms with Crippen LogP contribution < -0.4 is 0 Å². The zero-order valence-electron chi connectivity index (χ0n) is 16.3. The maximum atomic E-state index is 13.0. The average Bonchev–Trinajstić information content (AvgIpc) is 3.13. The van der Waals surface area contributed by atoms with Gasteiger partial charge >= 0.3 is 0 Å². The van der Waals surface area contributed by atoms with Gasteiger partial charge in [0.1, 0.15) is 17.8 Å². The van der Waals surface area contributed by atoms with E-state index in [0.717, 1.165) is 42.4 Å². The largest absolute Gasteiger partial charge is 0.338 e. The Morgan fingerprint density at radius 3 is 2.82 bits per heavy atom. The molecular weight excluding hydrogens is 354 g/mol. The summed E-state index contributed by atoms with van der Waals surface area (Å²) in [5, 5.41) is 0. The van der Waals surface area contributed by atoms with Crippen molar-refractivity contribution >= 4 is 5.91 Å². The first kappa shape index (κ1) is 18.2. The number of hydrogen-bond acceptors (Lipinski definition) is 6. The van der Waals surface area contributed by atoms with E-state index in [1.54, 1.807) is 12.4 Å². The van der Waals surface area contributed by atoms with Crippen molar-refractivity contribution < 1.29 is 4.79 Å². The summed E-state index contributed by atoms with van der Waals surface area (Å²) >= 11 is 0. The predicted molar refractivity (Wildman–Crippen MR) is 104 cm³/mol. The van der Waals surface area contributed by atoms with Crippen molar-refractivity contribution in [2.24, 2.45) is 7.05 Å². The van der Waals surface area contributed by atoms with Crippen LogP contribution in [0.15, 0.2) is 31.0 Å². The van der Waals surface area contributed by atoms with Gasteiger partial charge in [0.2, 0.25) is 0 Å². The van der Waals surface area contributed by atoms with Gasteiger partial charge in [0.25, 0.3) is 5.91 Å². The van der Waals surface area contributed by atoms with Gasteiger partial charge in [-0.25, -0.2) is 24.9 Å². The highest BCUT2D eigenvalue weighted by molar-refractivity contribution is 5.95. The third kappa shape index (κ3) is 3.49. The third-order valence-corrected chi connectivity index (χ3v) is 5.14. The van der Waals surface area contributed by atoms with E-state index >= 15 is 0 Å². The summed E-state index contributed by atoms with van der Waals surface area (Å²) in [6.07, 6.45) is 8.59. The molecule has 1 fully saturated rings. The molecule has 4 heterocycles. The van der Waals surface area contributed by atoms with E-state index in [0.29, 0.717) is 17.8 Å². The number of amides is 1. The molecule has 1 aliphatic rings. The lowest BCUT2D eigenvalue weighted by molar-refractivity contribution is 0.0703. The Morgan fingerprint density at radius 1 is 1.21 bits per heavy atom. The maximum Gasteiger partial charge on any atom is 0.257 e. The summed E-state index contributed by atoms with van der Waals surface area (Å²) in [4.78, 5) is 36.8. The first-order chi connectivity index (χ1) is 13.5. The van der Waals surface area contributed by atoms with Crippen molar-refractivity contribution in [2.75, 3.05) is 13.1 Å². The molecule has 0 saturated carbocycles. The molecule has 0 N–H and O–H groups in total. The van der Waals surface area contributed by atoms with Crippen LogP contribution in [-0.2, 0) is 7.05 Å². The summed E-state index contributed by atoms with van der Waals surface area (Å²) in [6, 6.07) is 1.95. The van der Waals surface area contributed by atoms with Crippen LogP contribution in [0, 0.1) is 13.8 Å².